The second kappa shape index (κ2) is 7.65. The number of nitro groups is 1. The molecule has 134 valence electrons. The highest BCUT2D eigenvalue weighted by molar-refractivity contribution is 5.92. The van der Waals surface area contributed by atoms with Crippen LogP contribution in [0.3, 0.4) is 0 Å². The molecule has 0 bridgehead atoms. The Kier molecular flexibility index (Phi) is 5.33. The number of nitrogens with one attached hydrogen (secondary N) is 1. The Hall–Kier alpha value is -2.41. The van der Waals surface area contributed by atoms with Crippen molar-refractivity contribution in [2.45, 2.75) is 45.3 Å². The first kappa shape index (κ1) is 17.4. The van der Waals surface area contributed by atoms with Gasteiger partial charge in [-0.1, -0.05) is 19.8 Å². The number of hydrogen-bond acceptors (Lipinski definition) is 5. The highest BCUT2D eigenvalue weighted by atomic mass is 16.7. The number of ether oxygens (including phenoxy) is 2. The highest BCUT2D eigenvalue weighted by Gasteiger charge is 2.23. The average Bonchev–Trinajstić information content (AvgIpc) is 2.61. The first-order valence-corrected chi connectivity index (χ1v) is 8.55. The van der Waals surface area contributed by atoms with Crippen molar-refractivity contribution < 1.29 is 19.2 Å². The van der Waals surface area contributed by atoms with Crippen LogP contribution in [0, 0.1) is 16.0 Å². The molecular weight excluding hydrogens is 324 g/mol. The lowest BCUT2D eigenvalue weighted by atomic mass is 9.86. The van der Waals surface area contributed by atoms with Gasteiger partial charge in [0.25, 0.3) is 5.69 Å². The molecule has 0 radical (unpaired) electrons. The number of nitrogens with zero attached hydrogens (tertiary/aromatic N) is 1. The lowest BCUT2D eigenvalue weighted by Crippen LogP contribution is -2.40. The van der Waals surface area contributed by atoms with Crippen LogP contribution in [0.2, 0.25) is 0 Å². The topological polar surface area (TPSA) is 90.7 Å². The molecule has 2 aliphatic rings. The molecule has 1 heterocycles. The van der Waals surface area contributed by atoms with Crippen molar-refractivity contribution in [3.8, 4) is 5.75 Å². The first-order valence-electron chi connectivity index (χ1n) is 8.55. The van der Waals surface area contributed by atoms with Crippen LogP contribution in [-0.2, 0) is 16.1 Å². The molecule has 0 saturated heterocycles. The molecule has 1 amide bonds. The van der Waals surface area contributed by atoms with Gasteiger partial charge in [-0.15, -0.1) is 0 Å². The molecule has 0 aromatic heterocycles. The van der Waals surface area contributed by atoms with Crippen molar-refractivity contribution in [1.29, 1.82) is 0 Å². The van der Waals surface area contributed by atoms with Gasteiger partial charge in [0.15, 0.2) is 6.79 Å². The first-order chi connectivity index (χ1) is 12.0. The Morgan fingerprint density at radius 1 is 1.36 bits per heavy atom. The van der Waals surface area contributed by atoms with Gasteiger partial charge in [0, 0.05) is 35.4 Å². The largest absolute Gasteiger partial charge is 0.467 e. The standard InChI is InChI=1S/C18H22N2O5/c1-12-4-2-3-5-16(12)19-17(21)7-6-13-8-15(20(22)23)9-14-10-24-11-25-18(13)14/h6-9,12,16H,2-5,10-11H2,1H3,(H,19,21)/b7-6+/t12-,16-/m0/s1. The summed E-state index contributed by atoms with van der Waals surface area (Å²) in [6, 6.07) is 3.04. The molecule has 0 unspecified atom stereocenters. The van der Waals surface area contributed by atoms with Gasteiger partial charge in [0.1, 0.15) is 5.75 Å². The molecule has 7 nitrogen and oxygen atoms in total. The van der Waals surface area contributed by atoms with Gasteiger partial charge >= 0.3 is 0 Å². The van der Waals surface area contributed by atoms with Crippen LogP contribution in [0.15, 0.2) is 18.2 Å². The van der Waals surface area contributed by atoms with Crippen LogP contribution >= 0.6 is 0 Å². The predicted octanol–water partition coefficient (Wildman–Crippen LogP) is 3.17. The minimum atomic E-state index is -0.462. The highest BCUT2D eigenvalue weighted by Crippen LogP contribution is 2.33. The van der Waals surface area contributed by atoms with E-state index in [0.29, 0.717) is 22.8 Å². The Bertz CT molecular complexity index is 701. The van der Waals surface area contributed by atoms with Crippen LogP contribution in [-0.4, -0.2) is 23.7 Å². The van der Waals surface area contributed by atoms with Crippen LogP contribution in [0.5, 0.6) is 5.75 Å². The van der Waals surface area contributed by atoms with E-state index in [-0.39, 0.29) is 31.0 Å². The van der Waals surface area contributed by atoms with Crippen LogP contribution in [0.25, 0.3) is 6.08 Å². The molecule has 25 heavy (non-hydrogen) atoms. The van der Waals surface area contributed by atoms with E-state index in [2.05, 4.69) is 12.2 Å². The summed E-state index contributed by atoms with van der Waals surface area (Å²) in [6.45, 7) is 2.50. The summed E-state index contributed by atoms with van der Waals surface area (Å²) in [5, 5.41) is 14.1. The molecule has 1 fully saturated rings. The number of carbonyl (C=O) groups excluding carboxylic acids is 1. The Morgan fingerprint density at radius 2 is 2.16 bits per heavy atom. The summed E-state index contributed by atoms with van der Waals surface area (Å²) in [5.74, 6) is 0.815. The van der Waals surface area contributed by atoms with E-state index in [0.717, 1.165) is 19.3 Å². The second-order valence-electron chi connectivity index (χ2n) is 6.60. The van der Waals surface area contributed by atoms with Crippen LogP contribution in [0.1, 0.15) is 43.7 Å². The fraction of sp³-hybridized carbons (Fsp3) is 0.500. The second-order valence-corrected chi connectivity index (χ2v) is 6.60. The molecule has 1 aliphatic heterocycles. The zero-order valence-electron chi connectivity index (χ0n) is 14.2. The van der Waals surface area contributed by atoms with E-state index in [9.17, 15) is 14.9 Å². The number of non-ortho nitro benzene ring substituents is 1. The minimum absolute atomic E-state index is 0.0474. The van der Waals surface area contributed by atoms with Gasteiger partial charge in [0.2, 0.25) is 5.91 Å². The third kappa shape index (κ3) is 4.17. The van der Waals surface area contributed by atoms with Crippen molar-refractivity contribution >= 4 is 17.7 Å². The number of fused-ring (bicyclic) bond motifs is 1. The third-order valence-electron chi connectivity index (χ3n) is 4.79. The van der Waals surface area contributed by atoms with E-state index in [4.69, 9.17) is 9.47 Å². The van der Waals surface area contributed by atoms with Gasteiger partial charge in [-0.2, -0.15) is 0 Å². The van der Waals surface area contributed by atoms with E-state index >= 15 is 0 Å². The molecule has 3 rings (SSSR count). The summed E-state index contributed by atoms with van der Waals surface area (Å²) in [4.78, 5) is 22.9. The lowest BCUT2D eigenvalue weighted by Gasteiger charge is -2.29. The van der Waals surface area contributed by atoms with Gasteiger partial charge < -0.3 is 14.8 Å². The maximum absolute atomic E-state index is 12.2. The van der Waals surface area contributed by atoms with Crippen molar-refractivity contribution in [2.24, 2.45) is 5.92 Å². The van der Waals surface area contributed by atoms with E-state index in [1.807, 2.05) is 0 Å². The number of rotatable bonds is 4. The predicted molar refractivity (Wildman–Crippen MR) is 92.0 cm³/mol. The summed E-state index contributed by atoms with van der Waals surface area (Å²) in [5.41, 5.74) is 1.08. The van der Waals surface area contributed by atoms with Gasteiger partial charge in [-0.3, -0.25) is 14.9 Å². The SMILES string of the molecule is C[C@H]1CCCC[C@@H]1NC(=O)/C=C/c1cc([N+](=O)[O-])cc2c1OCOC2. The number of amides is 1. The summed E-state index contributed by atoms with van der Waals surface area (Å²) in [6.07, 6.45) is 7.45. The Labute approximate surface area is 146 Å². The van der Waals surface area contributed by atoms with Crippen molar-refractivity contribution in [3.05, 3.63) is 39.4 Å². The van der Waals surface area contributed by atoms with E-state index < -0.39 is 4.92 Å². The Balaban J connectivity index is 1.76. The fourth-order valence-corrected chi connectivity index (χ4v) is 3.39. The van der Waals surface area contributed by atoms with Crippen molar-refractivity contribution in [1.82, 2.24) is 5.32 Å². The lowest BCUT2D eigenvalue weighted by molar-refractivity contribution is -0.385. The maximum Gasteiger partial charge on any atom is 0.270 e. The van der Waals surface area contributed by atoms with Crippen molar-refractivity contribution in [3.63, 3.8) is 0 Å². The number of nitro benzene ring substituents is 1. The monoisotopic (exact) mass is 346 g/mol. The van der Waals surface area contributed by atoms with E-state index in [1.54, 1.807) is 6.08 Å². The molecule has 1 N–H and O–H groups in total. The zero-order chi connectivity index (χ0) is 17.8. The Morgan fingerprint density at radius 3 is 2.92 bits per heavy atom. The third-order valence-corrected chi connectivity index (χ3v) is 4.79. The fourth-order valence-electron chi connectivity index (χ4n) is 3.39. The zero-order valence-corrected chi connectivity index (χ0v) is 14.2. The quantitative estimate of drug-likeness (QED) is 0.514. The summed E-state index contributed by atoms with van der Waals surface area (Å²) in [7, 11) is 0. The molecule has 1 aromatic rings. The molecule has 1 aromatic carbocycles. The maximum atomic E-state index is 12.2. The minimum Gasteiger partial charge on any atom is -0.467 e. The number of carbonyl (C=O) groups is 1. The van der Waals surface area contributed by atoms with Gasteiger partial charge in [-0.25, -0.2) is 0 Å². The molecular formula is C18H22N2O5. The van der Waals surface area contributed by atoms with Crippen LogP contribution in [0.4, 0.5) is 5.69 Å². The average molecular weight is 346 g/mol. The van der Waals surface area contributed by atoms with Gasteiger partial charge in [0.05, 0.1) is 11.5 Å². The normalized spacial score (nSPS) is 22.9. The van der Waals surface area contributed by atoms with Crippen LogP contribution < -0.4 is 10.1 Å². The molecule has 2 atom stereocenters. The molecule has 1 saturated carbocycles. The van der Waals surface area contributed by atoms with Gasteiger partial charge in [-0.05, 0) is 24.8 Å². The van der Waals surface area contributed by atoms with E-state index in [1.165, 1.54) is 24.6 Å². The molecule has 1 aliphatic carbocycles. The van der Waals surface area contributed by atoms with Crippen molar-refractivity contribution in [2.75, 3.05) is 6.79 Å². The number of hydrogen-bond donors (Lipinski definition) is 1. The summed E-state index contributed by atoms with van der Waals surface area (Å²) < 4.78 is 10.6. The molecule has 7 heteroatoms. The molecule has 0 spiro atoms. The number of benzene rings is 1. The smallest absolute Gasteiger partial charge is 0.270 e. The summed E-state index contributed by atoms with van der Waals surface area (Å²) >= 11 is 0.